The van der Waals surface area contributed by atoms with Crippen molar-refractivity contribution in [2.75, 3.05) is 18.4 Å². The first-order chi connectivity index (χ1) is 16.4. The molecule has 0 radical (unpaired) electrons. The molecule has 1 aliphatic rings. The number of halogens is 3. The summed E-state index contributed by atoms with van der Waals surface area (Å²) in [6.45, 7) is 4.05. The van der Waals surface area contributed by atoms with Crippen LogP contribution in [0.3, 0.4) is 0 Å². The van der Waals surface area contributed by atoms with E-state index in [1.807, 2.05) is 0 Å². The molecule has 2 aromatic carbocycles. The molecular weight excluding hydrogens is 489 g/mol. The highest BCUT2D eigenvalue weighted by molar-refractivity contribution is 7.89. The van der Waals surface area contributed by atoms with Gasteiger partial charge in [-0.05, 0) is 62.4 Å². The normalized spacial score (nSPS) is 19.5. The molecule has 2 heterocycles. The van der Waals surface area contributed by atoms with Crippen LogP contribution >= 0.6 is 0 Å². The number of nitrogens with one attached hydrogen (secondary N) is 1. The van der Waals surface area contributed by atoms with Gasteiger partial charge >= 0.3 is 12.2 Å². The lowest BCUT2D eigenvalue weighted by Crippen LogP contribution is -2.48. The maximum Gasteiger partial charge on any atom is 0.416 e. The zero-order valence-electron chi connectivity index (χ0n) is 18.6. The van der Waals surface area contributed by atoms with Crippen molar-refractivity contribution in [2.24, 2.45) is 0 Å². The Kier molecular flexibility index (Phi) is 6.66. The van der Waals surface area contributed by atoms with Gasteiger partial charge in [0.15, 0.2) is 0 Å². The number of nitrogens with zero attached hydrogens (tertiary/aromatic N) is 3. The number of carbonyl (C=O) groups is 1. The Hall–Kier alpha value is -3.29. The third-order valence-corrected chi connectivity index (χ3v) is 7.09. The maximum atomic E-state index is 12.9. The first-order valence-electron chi connectivity index (χ1n) is 10.5. The average Bonchev–Trinajstić information content (AvgIpc) is 3.26. The van der Waals surface area contributed by atoms with E-state index in [2.05, 4.69) is 15.5 Å². The molecule has 1 aromatic heterocycles. The Balaban J connectivity index is 1.43. The molecule has 35 heavy (non-hydrogen) atoms. The summed E-state index contributed by atoms with van der Waals surface area (Å²) in [5.74, 6) is -0.713. The highest BCUT2D eigenvalue weighted by atomic mass is 32.2. The second kappa shape index (κ2) is 9.40. The molecule has 186 valence electrons. The Bertz CT molecular complexity index is 1300. The lowest BCUT2D eigenvalue weighted by atomic mass is 10.1. The van der Waals surface area contributed by atoms with Crippen molar-refractivity contribution in [3.63, 3.8) is 0 Å². The molecule has 0 aliphatic carbocycles. The molecular formula is C22H21F3N4O5S. The van der Waals surface area contributed by atoms with Crippen LogP contribution in [0.2, 0.25) is 0 Å². The quantitative estimate of drug-likeness (QED) is 0.555. The van der Waals surface area contributed by atoms with Gasteiger partial charge in [0.2, 0.25) is 15.9 Å². The number of rotatable bonds is 5. The molecule has 13 heteroatoms. The van der Waals surface area contributed by atoms with E-state index in [0.29, 0.717) is 0 Å². The van der Waals surface area contributed by atoms with Crippen molar-refractivity contribution >= 4 is 21.9 Å². The molecule has 4 rings (SSSR count). The molecule has 1 aliphatic heterocycles. The minimum absolute atomic E-state index is 0.0396. The van der Waals surface area contributed by atoms with Gasteiger partial charge in [-0.15, -0.1) is 5.10 Å². The summed E-state index contributed by atoms with van der Waals surface area (Å²) in [6.07, 6.45) is -4.94. The van der Waals surface area contributed by atoms with Gasteiger partial charge in [-0.1, -0.05) is 5.10 Å². The molecule has 0 bridgehead atoms. The fourth-order valence-corrected chi connectivity index (χ4v) is 5.21. The van der Waals surface area contributed by atoms with E-state index in [-0.39, 0.29) is 53.2 Å². The van der Waals surface area contributed by atoms with Crippen molar-refractivity contribution in [2.45, 2.75) is 37.1 Å². The van der Waals surface area contributed by atoms with Crippen LogP contribution in [0.15, 0.2) is 57.8 Å². The van der Waals surface area contributed by atoms with Gasteiger partial charge in [0.25, 0.3) is 5.91 Å². The lowest BCUT2D eigenvalue weighted by molar-refractivity contribution is -0.137. The van der Waals surface area contributed by atoms with Crippen molar-refractivity contribution < 1.29 is 35.5 Å². The zero-order valence-corrected chi connectivity index (χ0v) is 19.4. The minimum Gasteiger partial charge on any atom is -0.403 e. The second-order valence-corrected chi connectivity index (χ2v) is 9.98. The minimum atomic E-state index is -4.47. The fraction of sp³-hybridized carbons (Fsp3) is 0.318. The van der Waals surface area contributed by atoms with E-state index in [1.165, 1.54) is 40.7 Å². The maximum absolute atomic E-state index is 12.9. The first-order valence-corrected chi connectivity index (χ1v) is 12.0. The van der Waals surface area contributed by atoms with E-state index in [1.54, 1.807) is 13.8 Å². The Labute approximate surface area is 199 Å². The van der Waals surface area contributed by atoms with E-state index in [9.17, 15) is 26.4 Å². The Morgan fingerprint density at radius 2 is 1.60 bits per heavy atom. The van der Waals surface area contributed by atoms with E-state index >= 15 is 0 Å². The molecule has 9 nitrogen and oxygen atoms in total. The summed E-state index contributed by atoms with van der Waals surface area (Å²) in [4.78, 5) is 12.6. The number of benzene rings is 2. The van der Waals surface area contributed by atoms with Gasteiger partial charge in [0.05, 0.1) is 22.7 Å². The van der Waals surface area contributed by atoms with Crippen molar-refractivity contribution in [3.8, 4) is 11.5 Å². The molecule has 1 amide bonds. The predicted molar refractivity (Wildman–Crippen MR) is 118 cm³/mol. The number of amides is 1. The molecule has 0 saturated carbocycles. The van der Waals surface area contributed by atoms with Crippen molar-refractivity contribution in [1.29, 1.82) is 0 Å². The SMILES string of the molecule is CC1CN(S(=O)(=O)c2ccc(C(=O)Nc3nnc(-c4ccc(C(F)(F)F)cc4)o3)cc2)CC(C)O1. The van der Waals surface area contributed by atoms with Crippen LogP contribution in [0.1, 0.15) is 29.8 Å². The molecule has 1 saturated heterocycles. The summed E-state index contributed by atoms with van der Waals surface area (Å²) < 4.78 is 76.2. The third-order valence-electron chi connectivity index (χ3n) is 5.25. The van der Waals surface area contributed by atoms with Crippen LogP contribution in [-0.4, -0.2) is 54.1 Å². The third kappa shape index (κ3) is 5.52. The molecule has 2 unspecified atom stereocenters. The lowest BCUT2D eigenvalue weighted by Gasteiger charge is -2.34. The fourth-order valence-electron chi connectivity index (χ4n) is 3.62. The summed E-state index contributed by atoms with van der Waals surface area (Å²) in [5, 5.41) is 9.79. The van der Waals surface area contributed by atoms with Crippen LogP contribution in [0.4, 0.5) is 19.2 Å². The monoisotopic (exact) mass is 510 g/mol. The second-order valence-electron chi connectivity index (χ2n) is 8.05. The van der Waals surface area contributed by atoms with Gasteiger partial charge in [-0.25, -0.2) is 8.42 Å². The van der Waals surface area contributed by atoms with Crippen LogP contribution in [0.25, 0.3) is 11.5 Å². The Morgan fingerprint density at radius 3 is 2.17 bits per heavy atom. The topological polar surface area (TPSA) is 115 Å². The van der Waals surface area contributed by atoms with Crippen LogP contribution < -0.4 is 5.32 Å². The molecule has 1 N–H and O–H groups in total. The number of morpholine rings is 1. The molecule has 3 aromatic rings. The van der Waals surface area contributed by atoms with Crippen molar-refractivity contribution in [1.82, 2.24) is 14.5 Å². The van der Waals surface area contributed by atoms with Gasteiger partial charge < -0.3 is 9.15 Å². The molecule has 0 spiro atoms. The average molecular weight is 510 g/mol. The number of hydrogen-bond donors (Lipinski definition) is 1. The van der Waals surface area contributed by atoms with Gasteiger partial charge in [0.1, 0.15) is 0 Å². The van der Waals surface area contributed by atoms with Gasteiger partial charge in [-0.2, -0.15) is 17.5 Å². The highest BCUT2D eigenvalue weighted by Crippen LogP contribution is 2.31. The van der Waals surface area contributed by atoms with Gasteiger partial charge in [0, 0.05) is 24.2 Å². The largest absolute Gasteiger partial charge is 0.416 e. The van der Waals surface area contributed by atoms with Crippen LogP contribution in [-0.2, 0) is 20.9 Å². The number of alkyl halides is 3. The Morgan fingerprint density at radius 1 is 1.00 bits per heavy atom. The summed E-state index contributed by atoms with van der Waals surface area (Å²) in [5.41, 5.74) is -0.438. The summed E-state index contributed by atoms with van der Waals surface area (Å²) >= 11 is 0. The summed E-state index contributed by atoms with van der Waals surface area (Å²) in [7, 11) is -3.76. The number of sulfonamides is 1. The first kappa shape index (κ1) is 24.8. The highest BCUT2D eigenvalue weighted by Gasteiger charge is 2.32. The van der Waals surface area contributed by atoms with Crippen LogP contribution in [0.5, 0.6) is 0 Å². The smallest absolute Gasteiger partial charge is 0.403 e. The van der Waals surface area contributed by atoms with E-state index < -0.39 is 27.7 Å². The number of anilines is 1. The molecule has 2 atom stereocenters. The zero-order chi connectivity index (χ0) is 25.4. The van der Waals surface area contributed by atoms with Crippen molar-refractivity contribution in [3.05, 3.63) is 59.7 Å². The number of ether oxygens (including phenoxy) is 1. The number of hydrogen-bond acceptors (Lipinski definition) is 7. The number of carbonyl (C=O) groups excluding carboxylic acids is 1. The summed E-state index contributed by atoms with van der Waals surface area (Å²) in [6, 6.07) is 9.21. The van der Waals surface area contributed by atoms with Crippen LogP contribution in [0, 0.1) is 0 Å². The predicted octanol–water partition coefficient (Wildman–Crippen LogP) is 3.81. The van der Waals surface area contributed by atoms with E-state index in [4.69, 9.17) is 9.15 Å². The van der Waals surface area contributed by atoms with Gasteiger partial charge in [-0.3, -0.25) is 10.1 Å². The molecule has 1 fully saturated rings. The van der Waals surface area contributed by atoms with E-state index in [0.717, 1.165) is 12.1 Å². The number of aromatic nitrogens is 2. The standard InChI is InChI=1S/C22H21F3N4O5S/c1-13-11-29(12-14(2)33-13)35(31,32)18-9-5-15(6-10-18)19(30)26-21-28-27-20(34-21)16-3-7-17(8-4-16)22(23,24)25/h3-10,13-14H,11-12H2,1-2H3,(H,26,28,30).